The molecule has 0 spiro atoms. The molecular weight excluding hydrogens is 348 g/mol. The van der Waals surface area contributed by atoms with Crippen molar-refractivity contribution >= 4 is 27.7 Å². The van der Waals surface area contributed by atoms with Crippen LogP contribution in [0.4, 0.5) is 0 Å². The number of hydrogen-bond acceptors (Lipinski definition) is 4. The van der Waals surface area contributed by atoms with Crippen LogP contribution in [-0.2, 0) is 11.3 Å². The second-order valence-corrected chi connectivity index (χ2v) is 5.77. The number of benzene rings is 1. The molecule has 112 valence electrons. The highest BCUT2D eigenvalue weighted by molar-refractivity contribution is 9.10. The van der Waals surface area contributed by atoms with Gasteiger partial charge in [0.05, 0.1) is 17.7 Å². The maximum atomic E-state index is 12.1. The Labute approximate surface area is 136 Å². The molecule has 2 aromatic rings. The van der Waals surface area contributed by atoms with Gasteiger partial charge >= 0.3 is 0 Å². The van der Waals surface area contributed by atoms with Gasteiger partial charge in [-0.05, 0) is 53.0 Å². The Morgan fingerprint density at radius 1 is 1.05 bits per heavy atom. The zero-order valence-electron chi connectivity index (χ0n) is 11.7. The molecule has 6 heteroatoms. The first kappa shape index (κ1) is 14.9. The van der Waals surface area contributed by atoms with E-state index in [9.17, 15) is 9.59 Å². The van der Waals surface area contributed by atoms with E-state index in [1.165, 1.54) is 0 Å². The molecule has 0 atom stereocenters. The predicted octanol–water partition coefficient (Wildman–Crippen LogP) is 3.00. The lowest BCUT2D eigenvalue weighted by Crippen LogP contribution is -2.30. The van der Waals surface area contributed by atoms with Gasteiger partial charge in [0.2, 0.25) is 0 Å². The Hall–Kier alpha value is -2.05. The number of imide groups is 1. The molecule has 5 nitrogen and oxygen atoms in total. The van der Waals surface area contributed by atoms with Gasteiger partial charge in [-0.25, -0.2) is 0 Å². The lowest BCUT2D eigenvalue weighted by atomic mass is 10.1. The van der Waals surface area contributed by atoms with Crippen molar-refractivity contribution in [2.75, 3.05) is 6.61 Å². The molecule has 1 aliphatic rings. The number of aromatic nitrogens is 1. The van der Waals surface area contributed by atoms with Crippen LogP contribution >= 0.6 is 15.9 Å². The second-order valence-electron chi connectivity index (χ2n) is 4.85. The van der Waals surface area contributed by atoms with E-state index in [0.29, 0.717) is 17.5 Å². The molecule has 2 heterocycles. The average molecular weight is 361 g/mol. The topological polar surface area (TPSA) is 59.5 Å². The van der Waals surface area contributed by atoms with Crippen molar-refractivity contribution in [2.24, 2.45) is 0 Å². The number of fused-ring (bicyclic) bond motifs is 1. The highest BCUT2D eigenvalue weighted by Gasteiger charge is 2.36. The summed E-state index contributed by atoms with van der Waals surface area (Å²) in [5.41, 5.74) is 1.72. The third-order valence-electron chi connectivity index (χ3n) is 3.34. The molecule has 0 saturated carbocycles. The molecule has 0 N–H and O–H groups in total. The molecule has 0 radical (unpaired) electrons. The Bertz CT molecular complexity index is 681. The lowest BCUT2D eigenvalue weighted by molar-refractivity contribution is -0.0918. The number of pyridine rings is 1. The van der Waals surface area contributed by atoms with E-state index in [2.05, 4.69) is 20.9 Å². The minimum Gasteiger partial charge on any atom is -0.266 e. The van der Waals surface area contributed by atoms with E-state index in [0.717, 1.165) is 21.7 Å². The van der Waals surface area contributed by atoms with E-state index >= 15 is 0 Å². The van der Waals surface area contributed by atoms with Gasteiger partial charge in [0, 0.05) is 16.4 Å². The SMILES string of the molecule is O=C1c2ccccc2C(=O)N1OCCCc1ccc(Br)cn1. The summed E-state index contributed by atoms with van der Waals surface area (Å²) in [6.07, 6.45) is 3.12. The summed E-state index contributed by atoms with van der Waals surface area (Å²) < 4.78 is 0.929. The molecule has 3 rings (SSSR count). The number of halogens is 1. The fourth-order valence-corrected chi connectivity index (χ4v) is 2.48. The Kier molecular flexibility index (Phi) is 4.31. The predicted molar refractivity (Wildman–Crippen MR) is 83.2 cm³/mol. The van der Waals surface area contributed by atoms with Crippen molar-refractivity contribution in [1.82, 2.24) is 10.0 Å². The van der Waals surface area contributed by atoms with Crippen LogP contribution in [0.5, 0.6) is 0 Å². The molecular formula is C16H13BrN2O3. The van der Waals surface area contributed by atoms with Crippen LogP contribution in [0.25, 0.3) is 0 Å². The highest BCUT2D eigenvalue weighted by atomic mass is 79.9. The Morgan fingerprint density at radius 2 is 1.73 bits per heavy atom. The van der Waals surface area contributed by atoms with Gasteiger partial charge in [0.1, 0.15) is 0 Å². The molecule has 0 fully saturated rings. The van der Waals surface area contributed by atoms with E-state index in [1.807, 2.05) is 12.1 Å². The second kappa shape index (κ2) is 6.37. The first-order chi connectivity index (χ1) is 10.7. The first-order valence-electron chi connectivity index (χ1n) is 6.88. The molecule has 0 unspecified atom stereocenters. The number of nitrogens with zero attached hydrogens (tertiary/aromatic N) is 2. The molecule has 1 aromatic heterocycles. The summed E-state index contributed by atoms with van der Waals surface area (Å²) in [5.74, 6) is -0.801. The van der Waals surface area contributed by atoms with E-state index in [1.54, 1.807) is 30.5 Å². The third kappa shape index (κ3) is 2.93. The summed E-state index contributed by atoms with van der Waals surface area (Å²) in [6.45, 7) is 0.281. The number of carbonyl (C=O) groups excluding carboxylic acids is 2. The largest absolute Gasteiger partial charge is 0.285 e. The maximum absolute atomic E-state index is 12.1. The van der Waals surface area contributed by atoms with Crippen LogP contribution in [0.1, 0.15) is 32.8 Å². The molecule has 1 aliphatic heterocycles. The zero-order valence-corrected chi connectivity index (χ0v) is 13.2. The normalized spacial score (nSPS) is 13.6. The van der Waals surface area contributed by atoms with Crippen LogP contribution in [0.2, 0.25) is 0 Å². The van der Waals surface area contributed by atoms with Gasteiger partial charge in [0.15, 0.2) is 0 Å². The first-order valence-corrected chi connectivity index (χ1v) is 7.67. The van der Waals surface area contributed by atoms with Gasteiger partial charge in [-0.15, -0.1) is 5.06 Å². The number of hydroxylamine groups is 2. The smallest absolute Gasteiger partial charge is 0.266 e. The number of carbonyl (C=O) groups is 2. The molecule has 22 heavy (non-hydrogen) atoms. The Morgan fingerprint density at radius 3 is 2.32 bits per heavy atom. The van der Waals surface area contributed by atoms with E-state index in [-0.39, 0.29) is 6.61 Å². The zero-order chi connectivity index (χ0) is 15.5. The van der Waals surface area contributed by atoms with E-state index < -0.39 is 11.8 Å². The van der Waals surface area contributed by atoms with Gasteiger partial charge < -0.3 is 0 Å². The van der Waals surface area contributed by atoms with Gasteiger partial charge in [-0.1, -0.05) is 12.1 Å². The number of rotatable bonds is 5. The summed E-state index contributed by atoms with van der Waals surface area (Å²) in [5, 5.41) is 0.847. The van der Waals surface area contributed by atoms with Crippen molar-refractivity contribution in [3.8, 4) is 0 Å². The summed E-state index contributed by atoms with van der Waals surface area (Å²) >= 11 is 3.33. The Balaban J connectivity index is 1.54. The van der Waals surface area contributed by atoms with Crippen molar-refractivity contribution in [3.05, 3.63) is 63.9 Å². The van der Waals surface area contributed by atoms with Crippen LogP contribution in [-0.4, -0.2) is 28.5 Å². The summed E-state index contributed by atoms with van der Waals surface area (Å²) in [6, 6.07) is 10.6. The molecule has 2 amide bonds. The molecule has 1 aromatic carbocycles. The highest BCUT2D eigenvalue weighted by Crippen LogP contribution is 2.22. The minimum atomic E-state index is -0.401. The van der Waals surface area contributed by atoms with E-state index in [4.69, 9.17) is 4.84 Å². The number of amides is 2. The van der Waals surface area contributed by atoms with Crippen molar-refractivity contribution in [3.63, 3.8) is 0 Å². The maximum Gasteiger partial charge on any atom is 0.285 e. The number of hydrogen-bond donors (Lipinski definition) is 0. The minimum absolute atomic E-state index is 0.281. The van der Waals surface area contributed by atoms with Crippen LogP contribution in [0.3, 0.4) is 0 Å². The van der Waals surface area contributed by atoms with Crippen LogP contribution in [0.15, 0.2) is 47.1 Å². The lowest BCUT2D eigenvalue weighted by Gasteiger charge is -2.13. The molecule has 0 aliphatic carbocycles. The molecule has 0 saturated heterocycles. The summed E-state index contributed by atoms with van der Waals surface area (Å²) in [4.78, 5) is 33.8. The number of aryl methyl sites for hydroxylation is 1. The molecule has 0 bridgehead atoms. The monoisotopic (exact) mass is 360 g/mol. The quantitative estimate of drug-likeness (QED) is 0.607. The fraction of sp³-hybridized carbons (Fsp3) is 0.188. The third-order valence-corrected chi connectivity index (χ3v) is 3.81. The van der Waals surface area contributed by atoms with Gasteiger partial charge in [-0.2, -0.15) is 0 Å². The van der Waals surface area contributed by atoms with Crippen molar-refractivity contribution in [1.29, 1.82) is 0 Å². The fourth-order valence-electron chi connectivity index (χ4n) is 2.25. The van der Waals surface area contributed by atoms with Gasteiger partial charge in [-0.3, -0.25) is 19.4 Å². The van der Waals surface area contributed by atoms with Crippen LogP contribution < -0.4 is 0 Å². The van der Waals surface area contributed by atoms with Crippen molar-refractivity contribution < 1.29 is 14.4 Å². The average Bonchev–Trinajstić information content (AvgIpc) is 2.78. The van der Waals surface area contributed by atoms with Gasteiger partial charge in [0.25, 0.3) is 11.8 Å². The standard InChI is InChI=1S/C16H13BrN2O3/c17-11-7-8-12(18-10-11)4-3-9-22-19-15(20)13-5-1-2-6-14(13)16(19)21/h1-2,5-8,10H,3-4,9H2. The summed E-state index contributed by atoms with van der Waals surface area (Å²) in [7, 11) is 0. The van der Waals surface area contributed by atoms with Crippen molar-refractivity contribution in [2.45, 2.75) is 12.8 Å². The van der Waals surface area contributed by atoms with Crippen LogP contribution in [0, 0.1) is 0 Å².